The minimum Gasteiger partial charge on any atom is -0.485 e. The van der Waals surface area contributed by atoms with Gasteiger partial charge in [-0.2, -0.15) is 4.98 Å². The van der Waals surface area contributed by atoms with E-state index in [0.29, 0.717) is 12.4 Å². The second kappa shape index (κ2) is 6.26. The Morgan fingerprint density at radius 3 is 2.90 bits per heavy atom. The average molecular weight is 287 g/mol. The molecular formula is C16H21N3O2. The number of aromatic nitrogens is 2. The first-order valence-electron chi connectivity index (χ1n) is 7.54. The molecule has 0 radical (unpaired) electrons. The summed E-state index contributed by atoms with van der Waals surface area (Å²) < 4.78 is 11.2. The lowest BCUT2D eigenvalue weighted by molar-refractivity contribution is 0.265. The third-order valence-corrected chi connectivity index (χ3v) is 4.01. The van der Waals surface area contributed by atoms with Crippen molar-refractivity contribution in [1.82, 2.24) is 15.5 Å². The van der Waals surface area contributed by atoms with Crippen LogP contribution in [0.5, 0.6) is 5.75 Å². The zero-order chi connectivity index (χ0) is 14.5. The van der Waals surface area contributed by atoms with Crippen LogP contribution in [0.15, 0.2) is 34.9 Å². The van der Waals surface area contributed by atoms with E-state index in [1.165, 1.54) is 0 Å². The van der Waals surface area contributed by atoms with Gasteiger partial charge in [-0.15, -0.1) is 0 Å². The van der Waals surface area contributed by atoms with E-state index in [1.54, 1.807) is 0 Å². The number of hydrogen-bond donors (Lipinski definition) is 1. The molecule has 2 aromatic rings. The monoisotopic (exact) mass is 287 g/mol. The fourth-order valence-corrected chi connectivity index (χ4v) is 2.92. The largest absolute Gasteiger partial charge is 0.485 e. The molecule has 112 valence electrons. The molecule has 1 aliphatic rings. The second-order valence-corrected chi connectivity index (χ2v) is 5.57. The van der Waals surface area contributed by atoms with Gasteiger partial charge in [-0.05, 0) is 31.5 Å². The highest BCUT2D eigenvalue weighted by atomic mass is 16.5. The zero-order valence-corrected chi connectivity index (χ0v) is 12.3. The highest BCUT2D eigenvalue weighted by molar-refractivity contribution is 5.21. The summed E-state index contributed by atoms with van der Waals surface area (Å²) in [6, 6.07) is 9.68. The lowest BCUT2D eigenvalue weighted by Gasteiger charge is -2.22. The Kier molecular flexibility index (Phi) is 4.20. The van der Waals surface area contributed by atoms with Crippen LogP contribution in [0.1, 0.15) is 37.9 Å². The molecule has 5 heteroatoms. The van der Waals surface area contributed by atoms with Crippen LogP contribution in [0.3, 0.4) is 0 Å². The molecule has 5 nitrogen and oxygen atoms in total. The van der Waals surface area contributed by atoms with E-state index in [2.05, 4.69) is 22.4 Å². The molecule has 1 unspecified atom stereocenters. The molecule has 1 aliphatic heterocycles. The Bertz CT molecular complexity index is 562. The van der Waals surface area contributed by atoms with E-state index in [-0.39, 0.29) is 5.41 Å². The van der Waals surface area contributed by atoms with Gasteiger partial charge in [0.15, 0.2) is 6.61 Å². The summed E-state index contributed by atoms with van der Waals surface area (Å²) >= 11 is 0. The molecule has 0 spiro atoms. The number of nitrogens with one attached hydrogen (secondary N) is 1. The number of para-hydroxylation sites is 1. The lowest BCUT2D eigenvalue weighted by Crippen LogP contribution is -2.29. The van der Waals surface area contributed by atoms with Crippen LogP contribution in [0.4, 0.5) is 0 Å². The van der Waals surface area contributed by atoms with Crippen molar-refractivity contribution in [2.24, 2.45) is 0 Å². The molecule has 1 saturated heterocycles. The summed E-state index contributed by atoms with van der Waals surface area (Å²) in [7, 11) is 0. The van der Waals surface area contributed by atoms with Crippen LogP contribution < -0.4 is 10.1 Å². The highest BCUT2D eigenvalue weighted by Crippen LogP contribution is 2.34. The first kappa shape index (κ1) is 14.1. The number of ether oxygens (including phenoxy) is 1. The Morgan fingerprint density at radius 1 is 1.33 bits per heavy atom. The predicted molar refractivity (Wildman–Crippen MR) is 79.1 cm³/mol. The van der Waals surface area contributed by atoms with Gasteiger partial charge in [0.1, 0.15) is 5.75 Å². The number of rotatable bonds is 6. The number of nitrogens with zero attached hydrogens (tertiary/aromatic N) is 2. The quantitative estimate of drug-likeness (QED) is 0.885. The van der Waals surface area contributed by atoms with Crippen molar-refractivity contribution >= 4 is 0 Å². The maximum atomic E-state index is 5.66. The molecular weight excluding hydrogens is 266 g/mol. The maximum absolute atomic E-state index is 5.66. The Labute approximate surface area is 124 Å². The topological polar surface area (TPSA) is 60.2 Å². The Balaban J connectivity index is 1.68. The molecule has 1 fully saturated rings. The lowest BCUT2D eigenvalue weighted by atomic mass is 9.82. The van der Waals surface area contributed by atoms with Gasteiger partial charge in [0.2, 0.25) is 11.7 Å². The maximum Gasteiger partial charge on any atom is 0.234 e. The summed E-state index contributed by atoms with van der Waals surface area (Å²) in [6.07, 6.45) is 3.24. The molecule has 0 bridgehead atoms. The van der Waals surface area contributed by atoms with E-state index in [4.69, 9.17) is 9.26 Å². The molecule has 2 heterocycles. The summed E-state index contributed by atoms with van der Waals surface area (Å²) in [5.41, 5.74) is 0.00669. The highest BCUT2D eigenvalue weighted by Gasteiger charge is 2.40. The second-order valence-electron chi connectivity index (χ2n) is 5.57. The zero-order valence-electron chi connectivity index (χ0n) is 12.3. The van der Waals surface area contributed by atoms with Gasteiger partial charge in [-0.25, -0.2) is 0 Å². The molecule has 0 saturated carbocycles. The fraction of sp³-hybridized carbons (Fsp3) is 0.500. The van der Waals surface area contributed by atoms with Crippen molar-refractivity contribution < 1.29 is 9.26 Å². The van der Waals surface area contributed by atoms with Gasteiger partial charge in [0.25, 0.3) is 0 Å². The average Bonchev–Trinajstić information content (AvgIpc) is 3.16. The van der Waals surface area contributed by atoms with Gasteiger partial charge >= 0.3 is 0 Å². The van der Waals surface area contributed by atoms with Crippen molar-refractivity contribution in [2.45, 2.75) is 38.2 Å². The van der Waals surface area contributed by atoms with Gasteiger partial charge in [0.05, 0.1) is 5.41 Å². The van der Waals surface area contributed by atoms with Crippen molar-refractivity contribution in [3.8, 4) is 5.75 Å². The Morgan fingerprint density at radius 2 is 2.19 bits per heavy atom. The van der Waals surface area contributed by atoms with Crippen LogP contribution in [0.25, 0.3) is 0 Å². The van der Waals surface area contributed by atoms with Gasteiger partial charge in [-0.1, -0.05) is 36.7 Å². The minimum absolute atomic E-state index is 0.00669. The van der Waals surface area contributed by atoms with Crippen LogP contribution in [-0.2, 0) is 12.0 Å². The fourth-order valence-electron chi connectivity index (χ4n) is 2.92. The van der Waals surface area contributed by atoms with Crippen molar-refractivity contribution in [1.29, 1.82) is 0 Å². The molecule has 3 rings (SSSR count). The van der Waals surface area contributed by atoms with Gasteiger partial charge < -0.3 is 14.6 Å². The molecule has 21 heavy (non-hydrogen) atoms. The van der Waals surface area contributed by atoms with Crippen molar-refractivity contribution in [3.05, 3.63) is 42.0 Å². The standard InChI is InChI=1S/C16H21N3O2/c1-2-8-16(9-10-17-12-16)15-18-14(19-21-15)11-20-13-6-4-3-5-7-13/h3-7,17H,2,8-12H2,1H3. The van der Waals surface area contributed by atoms with E-state index in [0.717, 1.165) is 44.0 Å². The van der Waals surface area contributed by atoms with Crippen molar-refractivity contribution in [2.75, 3.05) is 13.1 Å². The smallest absolute Gasteiger partial charge is 0.234 e. The summed E-state index contributed by atoms with van der Waals surface area (Å²) in [4.78, 5) is 4.56. The predicted octanol–water partition coefficient (Wildman–Crippen LogP) is 2.68. The molecule has 0 amide bonds. The Hall–Kier alpha value is -1.88. The van der Waals surface area contributed by atoms with Crippen LogP contribution in [0.2, 0.25) is 0 Å². The van der Waals surface area contributed by atoms with E-state index >= 15 is 0 Å². The normalized spacial score (nSPS) is 21.6. The molecule has 1 aromatic heterocycles. The third kappa shape index (κ3) is 3.08. The van der Waals surface area contributed by atoms with Gasteiger partial charge in [-0.3, -0.25) is 0 Å². The summed E-state index contributed by atoms with van der Waals surface area (Å²) in [5, 5.41) is 7.47. The van der Waals surface area contributed by atoms with E-state index in [1.807, 2.05) is 30.3 Å². The minimum atomic E-state index is 0.00669. The first-order chi connectivity index (χ1) is 10.3. The molecule has 1 N–H and O–H groups in total. The van der Waals surface area contributed by atoms with Gasteiger partial charge in [0, 0.05) is 6.54 Å². The third-order valence-electron chi connectivity index (χ3n) is 4.01. The van der Waals surface area contributed by atoms with Crippen LogP contribution in [0, 0.1) is 0 Å². The van der Waals surface area contributed by atoms with Crippen LogP contribution in [-0.4, -0.2) is 23.2 Å². The van der Waals surface area contributed by atoms with E-state index < -0.39 is 0 Å². The molecule has 1 aromatic carbocycles. The molecule has 0 aliphatic carbocycles. The SMILES string of the molecule is CCCC1(c2nc(COc3ccccc3)no2)CCNC1. The van der Waals surface area contributed by atoms with Crippen molar-refractivity contribution in [3.63, 3.8) is 0 Å². The first-order valence-corrected chi connectivity index (χ1v) is 7.54. The number of hydrogen-bond acceptors (Lipinski definition) is 5. The number of benzene rings is 1. The summed E-state index contributed by atoms with van der Waals surface area (Å²) in [6.45, 7) is 4.46. The summed E-state index contributed by atoms with van der Waals surface area (Å²) in [5.74, 6) is 2.17. The van der Waals surface area contributed by atoms with E-state index in [9.17, 15) is 0 Å². The molecule has 1 atom stereocenters. The van der Waals surface area contributed by atoms with Crippen LogP contribution >= 0.6 is 0 Å².